The first-order valence-electron chi connectivity index (χ1n) is 7.65. The maximum atomic E-state index is 13.8. The molecule has 0 aliphatic heterocycles. The van der Waals surface area contributed by atoms with Gasteiger partial charge < -0.3 is 4.74 Å². The summed E-state index contributed by atoms with van der Waals surface area (Å²) in [6.07, 6.45) is 0. The van der Waals surface area contributed by atoms with Crippen molar-refractivity contribution in [3.8, 4) is 5.69 Å². The molecular formula is C18H17F2N3OS. The lowest BCUT2D eigenvalue weighted by Crippen LogP contribution is -2.04. The standard InChI is InChI=1S/C18H17F2N3OS/c1-12-4-3-5-15(8-12)23-17(10-24-2)21-22-18(23)25-11-13-9-14(19)6-7-16(13)20/h3-9H,10-11H2,1-2H3. The molecule has 0 saturated heterocycles. The Morgan fingerprint density at radius 3 is 2.72 bits per heavy atom. The molecule has 130 valence electrons. The molecule has 0 fully saturated rings. The van der Waals surface area contributed by atoms with E-state index >= 15 is 0 Å². The van der Waals surface area contributed by atoms with Crippen molar-refractivity contribution in [2.24, 2.45) is 0 Å². The minimum Gasteiger partial charge on any atom is -0.377 e. The van der Waals surface area contributed by atoms with Crippen LogP contribution in [0.4, 0.5) is 8.78 Å². The molecule has 1 heterocycles. The first kappa shape index (κ1) is 17.6. The Labute approximate surface area is 148 Å². The van der Waals surface area contributed by atoms with Crippen LogP contribution in [0.25, 0.3) is 5.69 Å². The van der Waals surface area contributed by atoms with E-state index in [0.717, 1.165) is 23.4 Å². The van der Waals surface area contributed by atoms with Crippen LogP contribution in [0.3, 0.4) is 0 Å². The van der Waals surface area contributed by atoms with Gasteiger partial charge in [-0.15, -0.1) is 10.2 Å². The molecule has 4 nitrogen and oxygen atoms in total. The molecule has 0 bridgehead atoms. The SMILES string of the molecule is COCc1nnc(SCc2cc(F)ccc2F)n1-c1cccc(C)c1. The van der Waals surface area contributed by atoms with Gasteiger partial charge in [-0.05, 0) is 42.8 Å². The second kappa shape index (κ2) is 7.76. The summed E-state index contributed by atoms with van der Waals surface area (Å²) in [6.45, 7) is 2.30. The van der Waals surface area contributed by atoms with E-state index in [9.17, 15) is 8.78 Å². The number of rotatable bonds is 6. The first-order chi connectivity index (χ1) is 12.1. The van der Waals surface area contributed by atoms with Crippen molar-refractivity contribution >= 4 is 11.8 Å². The molecule has 25 heavy (non-hydrogen) atoms. The van der Waals surface area contributed by atoms with Gasteiger partial charge in [0.05, 0.1) is 0 Å². The number of ether oxygens (including phenoxy) is 1. The van der Waals surface area contributed by atoms with Crippen molar-refractivity contribution in [1.82, 2.24) is 14.8 Å². The molecule has 0 saturated carbocycles. The normalized spacial score (nSPS) is 11.0. The van der Waals surface area contributed by atoms with Crippen molar-refractivity contribution in [2.45, 2.75) is 24.4 Å². The molecule has 2 aromatic carbocycles. The monoisotopic (exact) mass is 361 g/mol. The average Bonchev–Trinajstić information content (AvgIpc) is 2.99. The van der Waals surface area contributed by atoms with Crippen molar-refractivity contribution in [3.05, 3.63) is 71.1 Å². The number of nitrogens with zero attached hydrogens (tertiary/aromatic N) is 3. The molecular weight excluding hydrogens is 344 g/mol. The van der Waals surface area contributed by atoms with Crippen LogP contribution in [-0.4, -0.2) is 21.9 Å². The number of benzene rings is 2. The van der Waals surface area contributed by atoms with E-state index in [0.29, 0.717) is 17.6 Å². The fourth-order valence-corrected chi connectivity index (χ4v) is 3.38. The zero-order valence-electron chi connectivity index (χ0n) is 13.9. The number of hydrogen-bond acceptors (Lipinski definition) is 4. The average molecular weight is 361 g/mol. The summed E-state index contributed by atoms with van der Waals surface area (Å²) in [4.78, 5) is 0. The molecule has 3 rings (SSSR count). The molecule has 1 aromatic heterocycles. The summed E-state index contributed by atoms with van der Waals surface area (Å²) >= 11 is 1.30. The van der Waals surface area contributed by atoms with Crippen LogP contribution in [0.15, 0.2) is 47.6 Å². The van der Waals surface area contributed by atoms with Crippen LogP contribution in [0.5, 0.6) is 0 Å². The van der Waals surface area contributed by atoms with Crippen LogP contribution in [0.2, 0.25) is 0 Å². The Morgan fingerprint density at radius 1 is 1.12 bits per heavy atom. The summed E-state index contributed by atoms with van der Waals surface area (Å²) in [5.74, 6) is 0.000681. The Morgan fingerprint density at radius 2 is 1.96 bits per heavy atom. The largest absolute Gasteiger partial charge is 0.377 e. The van der Waals surface area contributed by atoms with Gasteiger partial charge >= 0.3 is 0 Å². The van der Waals surface area contributed by atoms with Gasteiger partial charge in [0.2, 0.25) is 0 Å². The highest BCUT2D eigenvalue weighted by atomic mass is 32.2. The fraction of sp³-hybridized carbons (Fsp3) is 0.222. The number of hydrogen-bond donors (Lipinski definition) is 0. The van der Waals surface area contributed by atoms with Gasteiger partial charge in [0.1, 0.15) is 18.2 Å². The predicted octanol–water partition coefficient (Wildman–Crippen LogP) is 4.29. The number of aromatic nitrogens is 3. The highest BCUT2D eigenvalue weighted by molar-refractivity contribution is 7.98. The van der Waals surface area contributed by atoms with Gasteiger partial charge in [-0.3, -0.25) is 4.57 Å². The van der Waals surface area contributed by atoms with Crippen LogP contribution in [0.1, 0.15) is 17.0 Å². The van der Waals surface area contributed by atoms with Crippen molar-refractivity contribution in [1.29, 1.82) is 0 Å². The lowest BCUT2D eigenvalue weighted by molar-refractivity contribution is 0.176. The van der Waals surface area contributed by atoms with Gasteiger partial charge in [-0.2, -0.15) is 0 Å². The summed E-state index contributed by atoms with van der Waals surface area (Å²) < 4.78 is 34.2. The molecule has 0 spiro atoms. The van der Waals surface area contributed by atoms with E-state index in [-0.39, 0.29) is 11.3 Å². The fourth-order valence-electron chi connectivity index (χ4n) is 2.44. The van der Waals surface area contributed by atoms with E-state index in [2.05, 4.69) is 10.2 Å². The predicted molar refractivity (Wildman–Crippen MR) is 92.7 cm³/mol. The number of methoxy groups -OCH3 is 1. The topological polar surface area (TPSA) is 39.9 Å². The Kier molecular flexibility index (Phi) is 5.45. The van der Waals surface area contributed by atoms with Crippen LogP contribution >= 0.6 is 11.8 Å². The molecule has 0 radical (unpaired) electrons. The molecule has 0 unspecified atom stereocenters. The van der Waals surface area contributed by atoms with Gasteiger partial charge in [0.25, 0.3) is 0 Å². The maximum absolute atomic E-state index is 13.8. The van der Waals surface area contributed by atoms with Crippen molar-refractivity contribution in [2.75, 3.05) is 7.11 Å². The van der Waals surface area contributed by atoms with E-state index < -0.39 is 11.6 Å². The van der Waals surface area contributed by atoms with E-state index in [1.165, 1.54) is 17.8 Å². The second-order valence-corrected chi connectivity index (χ2v) is 6.47. The third kappa shape index (κ3) is 4.05. The molecule has 3 aromatic rings. The maximum Gasteiger partial charge on any atom is 0.196 e. The molecule has 7 heteroatoms. The van der Waals surface area contributed by atoms with Gasteiger partial charge in [-0.1, -0.05) is 23.9 Å². The Balaban J connectivity index is 1.92. The number of thioether (sulfide) groups is 1. The lowest BCUT2D eigenvalue weighted by Gasteiger charge is -2.11. The molecule has 0 aliphatic carbocycles. The van der Waals surface area contributed by atoms with Crippen molar-refractivity contribution < 1.29 is 13.5 Å². The number of halogens is 2. The zero-order chi connectivity index (χ0) is 17.8. The highest BCUT2D eigenvalue weighted by Gasteiger charge is 2.15. The third-order valence-corrected chi connectivity index (χ3v) is 4.58. The molecule has 0 N–H and O–H groups in total. The quantitative estimate of drug-likeness (QED) is 0.614. The second-order valence-electron chi connectivity index (χ2n) is 5.53. The van der Waals surface area contributed by atoms with Crippen LogP contribution in [0, 0.1) is 18.6 Å². The summed E-state index contributed by atoms with van der Waals surface area (Å²) in [7, 11) is 1.59. The van der Waals surface area contributed by atoms with Gasteiger partial charge in [0.15, 0.2) is 11.0 Å². The van der Waals surface area contributed by atoms with E-state index in [4.69, 9.17) is 4.74 Å². The highest BCUT2D eigenvalue weighted by Crippen LogP contribution is 2.27. The Hall–Kier alpha value is -2.25. The summed E-state index contributed by atoms with van der Waals surface area (Å²) in [5.41, 5.74) is 2.29. The number of aryl methyl sites for hydroxylation is 1. The first-order valence-corrected chi connectivity index (χ1v) is 8.64. The summed E-state index contributed by atoms with van der Waals surface area (Å²) in [6, 6.07) is 11.3. The van der Waals surface area contributed by atoms with Gasteiger partial charge in [-0.25, -0.2) is 8.78 Å². The molecule has 0 atom stereocenters. The molecule has 0 amide bonds. The molecule has 0 aliphatic rings. The minimum absolute atomic E-state index is 0.251. The smallest absolute Gasteiger partial charge is 0.196 e. The van der Waals surface area contributed by atoms with E-state index in [1.807, 2.05) is 35.8 Å². The third-order valence-electron chi connectivity index (χ3n) is 3.60. The summed E-state index contributed by atoms with van der Waals surface area (Å²) in [5, 5.41) is 8.95. The lowest BCUT2D eigenvalue weighted by atomic mass is 10.2. The van der Waals surface area contributed by atoms with Crippen LogP contribution < -0.4 is 0 Å². The minimum atomic E-state index is -0.461. The van der Waals surface area contributed by atoms with Crippen molar-refractivity contribution in [3.63, 3.8) is 0 Å². The van der Waals surface area contributed by atoms with E-state index in [1.54, 1.807) is 7.11 Å². The van der Waals surface area contributed by atoms with Crippen LogP contribution in [-0.2, 0) is 17.1 Å². The van der Waals surface area contributed by atoms with Gasteiger partial charge in [0, 0.05) is 24.1 Å². The zero-order valence-corrected chi connectivity index (χ0v) is 14.7. The Bertz CT molecular complexity index is 883.